The van der Waals surface area contributed by atoms with Gasteiger partial charge in [-0.15, -0.1) is 0 Å². The quantitative estimate of drug-likeness (QED) is 0.770. The van der Waals surface area contributed by atoms with Crippen LogP contribution in [0.15, 0.2) is 24.3 Å². The third-order valence-electron chi connectivity index (χ3n) is 4.46. The van der Waals surface area contributed by atoms with E-state index in [9.17, 15) is 9.59 Å². The number of nitrogens with one attached hydrogen (secondary N) is 2. The molecular weight excluding hydrogens is 306 g/mol. The highest BCUT2D eigenvalue weighted by molar-refractivity contribution is 5.78. The summed E-state index contributed by atoms with van der Waals surface area (Å²) < 4.78 is 5.47. The fraction of sp³-hybridized carbons (Fsp3) is 0.556. The lowest BCUT2D eigenvalue weighted by Crippen LogP contribution is -2.36. The Morgan fingerprint density at radius 2 is 1.92 bits per heavy atom. The third kappa shape index (κ3) is 5.32. The number of likely N-dealkylation sites (tertiary alicyclic amines) is 1. The SMILES string of the molecule is CNC(=O)C[C@@H]1CN(CC(=O)NCc2ccc(C)cc2)C[C@@H]1OC. The Balaban J connectivity index is 1.79. The molecule has 2 N–H and O–H groups in total. The Hall–Kier alpha value is -1.92. The summed E-state index contributed by atoms with van der Waals surface area (Å²) in [7, 11) is 3.29. The average Bonchev–Trinajstić information content (AvgIpc) is 2.95. The van der Waals surface area contributed by atoms with Crippen LogP contribution in [0.4, 0.5) is 0 Å². The number of nitrogens with zero attached hydrogens (tertiary/aromatic N) is 1. The van der Waals surface area contributed by atoms with Crippen molar-refractivity contribution in [2.75, 3.05) is 33.8 Å². The Bertz CT molecular complexity index is 559. The normalized spacial score (nSPS) is 20.8. The van der Waals surface area contributed by atoms with E-state index >= 15 is 0 Å². The minimum absolute atomic E-state index is 0.00715. The molecule has 0 saturated carbocycles. The maximum absolute atomic E-state index is 12.1. The molecule has 0 unspecified atom stereocenters. The molecule has 6 nitrogen and oxygen atoms in total. The molecule has 0 bridgehead atoms. The van der Waals surface area contributed by atoms with E-state index in [0.29, 0.717) is 32.6 Å². The van der Waals surface area contributed by atoms with Crippen LogP contribution in [0.5, 0.6) is 0 Å². The van der Waals surface area contributed by atoms with Crippen LogP contribution >= 0.6 is 0 Å². The maximum Gasteiger partial charge on any atom is 0.234 e. The number of amides is 2. The number of aryl methyl sites for hydroxylation is 1. The van der Waals surface area contributed by atoms with Crippen molar-refractivity contribution in [2.45, 2.75) is 26.0 Å². The molecule has 0 radical (unpaired) electrons. The minimum atomic E-state index is -0.00831. The zero-order valence-corrected chi connectivity index (χ0v) is 14.7. The first-order valence-electron chi connectivity index (χ1n) is 8.29. The second-order valence-corrected chi connectivity index (χ2v) is 6.37. The summed E-state index contributed by atoms with van der Waals surface area (Å²) >= 11 is 0. The Morgan fingerprint density at radius 3 is 2.54 bits per heavy atom. The molecule has 24 heavy (non-hydrogen) atoms. The molecule has 0 aliphatic carbocycles. The number of benzene rings is 1. The van der Waals surface area contributed by atoms with E-state index in [4.69, 9.17) is 4.74 Å². The molecule has 132 valence electrons. The van der Waals surface area contributed by atoms with Crippen molar-refractivity contribution in [2.24, 2.45) is 5.92 Å². The first-order valence-corrected chi connectivity index (χ1v) is 8.29. The standard InChI is InChI=1S/C18H27N3O3/c1-13-4-6-14(7-5-13)9-20-18(23)12-21-10-15(8-17(22)19-2)16(11-21)24-3/h4-7,15-16H,8-12H2,1-3H3,(H,19,22)(H,20,23)/t15-,16+/m1/s1. The molecule has 0 spiro atoms. The van der Waals surface area contributed by atoms with Crippen LogP contribution in [-0.4, -0.2) is 56.6 Å². The first-order chi connectivity index (χ1) is 11.5. The van der Waals surface area contributed by atoms with Gasteiger partial charge in [-0.1, -0.05) is 29.8 Å². The zero-order valence-electron chi connectivity index (χ0n) is 14.7. The van der Waals surface area contributed by atoms with Gasteiger partial charge < -0.3 is 15.4 Å². The van der Waals surface area contributed by atoms with Crippen LogP contribution in [0.2, 0.25) is 0 Å². The minimum Gasteiger partial charge on any atom is -0.380 e. The number of methoxy groups -OCH3 is 1. The van der Waals surface area contributed by atoms with Gasteiger partial charge in [0, 0.05) is 46.1 Å². The Kier molecular flexibility index (Phi) is 6.75. The number of rotatable bonds is 7. The van der Waals surface area contributed by atoms with Gasteiger partial charge in [0.1, 0.15) is 0 Å². The highest BCUT2D eigenvalue weighted by atomic mass is 16.5. The van der Waals surface area contributed by atoms with Gasteiger partial charge in [-0.05, 0) is 12.5 Å². The van der Waals surface area contributed by atoms with Crippen LogP contribution in [0.25, 0.3) is 0 Å². The summed E-state index contributed by atoms with van der Waals surface area (Å²) in [6.45, 7) is 4.27. The van der Waals surface area contributed by atoms with E-state index in [1.54, 1.807) is 14.2 Å². The molecule has 1 heterocycles. The maximum atomic E-state index is 12.1. The molecular formula is C18H27N3O3. The Morgan fingerprint density at radius 1 is 1.21 bits per heavy atom. The summed E-state index contributed by atoms with van der Waals surface area (Å²) in [5.41, 5.74) is 2.29. The van der Waals surface area contributed by atoms with Gasteiger partial charge in [0.2, 0.25) is 11.8 Å². The summed E-state index contributed by atoms with van der Waals surface area (Å²) in [5.74, 6) is 0.124. The van der Waals surface area contributed by atoms with Crippen LogP contribution < -0.4 is 10.6 Å². The number of hydrogen-bond acceptors (Lipinski definition) is 4. The van der Waals surface area contributed by atoms with Crippen molar-refractivity contribution < 1.29 is 14.3 Å². The van der Waals surface area contributed by atoms with Crippen molar-refractivity contribution in [3.05, 3.63) is 35.4 Å². The van der Waals surface area contributed by atoms with E-state index < -0.39 is 0 Å². The number of carbonyl (C=O) groups excluding carboxylic acids is 2. The largest absolute Gasteiger partial charge is 0.380 e. The molecule has 2 rings (SSSR count). The molecule has 2 amide bonds. The van der Waals surface area contributed by atoms with Crippen molar-refractivity contribution in [1.29, 1.82) is 0 Å². The third-order valence-corrected chi connectivity index (χ3v) is 4.46. The topological polar surface area (TPSA) is 70.7 Å². The van der Waals surface area contributed by atoms with E-state index in [2.05, 4.69) is 10.6 Å². The lowest BCUT2D eigenvalue weighted by molar-refractivity contribution is -0.122. The predicted molar refractivity (Wildman–Crippen MR) is 92.4 cm³/mol. The van der Waals surface area contributed by atoms with Gasteiger partial charge in [-0.25, -0.2) is 0 Å². The predicted octanol–water partition coefficient (Wildman–Crippen LogP) is 0.694. The summed E-state index contributed by atoms with van der Waals surface area (Å²) in [6, 6.07) is 8.11. The van der Waals surface area contributed by atoms with Crippen LogP contribution in [0.1, 0.15) is 17.5 Å². The lowest BCUT2D eigenvalue weighted by Gasteiger charge is -2.15. The molecule has 1 aliphatic heterocycles. The summed E-state index contributed by atoms with van der Waals surface area (Å²) in [5, 5.41) is 5.59. The molecule has 1 saturated heterocycles. The second kappa shape index (κ2) is 8.80. The van der Waals surface area contributed by atoms with Crippen LogP contribution in [0, 0.1) is 12.8 Å². The number of carbonyl (C=O) groups is 2. The van der Waals surface area contributed by atoms with Crippen molar-refractivity contribution in [1.82, 2.24) is 15.5 Å². The van der Waals surface area contributed by atoms with Gasteiger partial charge >= 0.3 is 0 Å². The van der Waals surface area contributed by atoms with Crippen molar-refractivity contribution in [3.63, 3.8) is 0 Å². The summed E-state index contributed by atoms with van der Waals surface area (Å²) in [4.78, 5) is 25.8. The van der Waals surface area contributed by atoms with Gasteiger partial charge in [0.25, 0.3) is 0 Å². The molecule has 6 heteroatoms. The average molecular weight is 333 g/mol. The molecule has 1 aromatic rings. The van der Waals surface area contributed by atoms with Gasteiger partial charge in [0.05, 0.1) is 12.6 Å². The van der Waals surface area contributed by atoms with Crippen molar-refractivity contribution >= 4 is 11.8 Å². The molecule has 0 aromatic heterocycles. The van der Waals surface area contributed by atoms with Crippen LogP contribution in [-0.2, 0) is 20.9 Å². The van der Waals surface area contributed by atoms with E-state index in [-0.39, 0.29) is 23.8 Å². The summed E-state index contributed by atoms with van der Waals surface area (Å²) in [6.07, 6.45) is 0.420. The first kappa shape index (κ1) is 18.4. The monoisotopic (exact) mass is 333 g/mol. The second-order valence-electron chi connectivity index (χ2n) is 6.37. The zero-order chi connectivity index (χ0) is 17.5. The van der Waals surface area contributed by atoms with Crippen molar-refractivity contribution in [3.8, 4) is 0 Å². The highest BCUT2D eigenvalue weighted by Crippen LogP contribution is 2.22. The van der Waals surface area contributed by atoms with E-state index in [1.165, 1.54) is 5.56 Å². The molecule has 1 aromatic carbocycles. The molecule has 1 aliphatic rings. The fourth-order valence-corrected chi connectivity index (χ4v) is 3.03. The van der Waals surface area contributed by atoms with Gasteiger partial charge in [-0.2, -0.15) is 0 Å². The van der Waals surface area contributed by atoms with E-state index in [1.807, 2.05) is 36.1 Å². The van der Waals surface area contributed by atoms with Crippen LogP contribution in [0.3, 0.4) is 0 Å². The lowest BCUT2D eigenvalue weighted by atomic mass is 10.0. The Labute approximate surface area is 143 Å². The molecule has 1 fully saturated rings. The van der Waals surface area contributed by atoms with Gasteiger partial charge in [0.15, 0.2) is 0 Å². The van der Waals surface area contributed by atoms with Gasteiger partial charge in [-0.3, -0.25) is 14.5 Å². The smallest absolute Gasteiger partial charge is 0.234 e. The fourth-order valence-electron chi connectivity index (χ4n) is 3.03. The number of hydrogen-bond donors (Lipinski definition) is 2. The molecule has 2 atom stereocenters. The highest BCUT2D eigenvalue weighted by Gasteiger charge is 2.34. The van der Waals surface area contributed by atoms with E-state index in [0.717, 1.165) is 5.56 Å². The number of ether oxygens (including phenoxy) is 1.